The molecule has 0 heterocycles. The monoisotopic (exact) mass is 400 g/mol. The third-order valence-electron chi connectivity index (χ3n) is 5.32. The minimum atomic E-state index is -0.293. The van der Waals surface area contributed by atoms with Gasteiger partial charge in [0.2, 0.25) is 0 Å². The molecule has 3 aromatic carbocycles. The van der Waals surface area contributed by atoms with Gasteiger partial charge in [-0.25, -0.2) is 0 Å². The fourth-order valence-corrected chi connectivity index (χ4v) is 4.96. The molecule has 1 unspecified atom stereocenters. The van der Waals surface area contributed by atoms with Crippen LogP contribution in [0.15, 0.2) is 101 Å². The summed E-state index contributed by atoms with van der Waals surface area (Å²) in [5.74, 6) is 0. The van der Waals surface area contributed by atoms with Gasteiger partial charge >= 0.3 is 0 Å². The summed E-state index contributed by atoms with van der Waals surface area (Å²) in [5, 5.41) is 0. The predicted octanol–water partition coefficient (Wildman–Crippen LogP) is 7.29. The SMILES string of the molecule is CC=CC(=CC)C1(c2ccccc2)c2ccccc2-c2c(Br)cccc21. The van der Waals surface area contributed by atoms with Crippen LogP contribution in [0.1, 0.15) is 30.5 Å². The second-order valence-corrected chi connectivity index (χ2v) is 7.42. The summed E-state index contributed by atoms with van der Waals surface area (Å²) in [4.78, 5) is 0. The molecule has 0 saturated heterocycles. The number of allylic oxidation sites excluding steroid dienone is 4. The Labute approximate surface area is 164 Å². The Morgan fingerprint density at radius 2 is 1.50 bits per heavy atom. The number of fused-ring (bicyclic) bond motifs is 3. The standard InChI is InChI=1S/C25H21Br/c1-3-11-18(4-2)25(19-12-6-5-7-13-19)21-15-9-8-14-20(21)24-22(25)16-10-17-23(24)26/h3-17H,1-2H3. The van der Waals surface area contributed by atoms with Crippen LogP contribution in [0.2, 0.25) is 0 Å². The third-order valence-corrected chi connectivity index (χ3v) is 5.98. The Morgan fingerprint density at radius 1 is 0.808 bits per heavy atom. The number of halogens is 1. The number of hydrogen-bond donors (Lipinski definition) is 0. The van der Waals surface area contributed by atoms with Crippen LogP contribution in [0.4, 0.5) is 0 Å². The molecule has 0 spiro atoms. The third kappa shape index (κ3) is 2.27. The van der Waals surface area contributed by atoms with Crippen molar-refractivity contribution in [2.75, 3.05) is 0 Å². The van der Waals surface area contributed by atoms with E-state index in [1.807, 2.05) is 0 Å². The summed E-state index contributed by atoms with van der Waals surface area (Å²) in [5.41, 5.74) is 7.60. The highest BCUT2D eigenvalue weighted by Crippen LogP contribution is 2.57. The molecule has 0 aromatic heterocycles. The Kier molecular flexibility index (Phi) is 4.42. The lowest BCUT2D eigenvalue weighted by Gasteiger charge is -2.34. The van der Waals surface area contributed by atoms with Crippen molar-refractivity contribution in [1.82, 2.24) is 0 Å². The molecule has 0 radical (unpaired) electrons. The van der Waals surface area contributed by atoms with Crippen molar-refractivity contribution in [3.63, 3.8) is 0 Å². The van der Waals surface area contributed by atoms with E-state index in [2.05, 4.69) is 121 Å². The highest BCUT2D eigenvalue weighted by molar-refractivity contribution is 9.10. The quantitative estimate of drug-likeness (QED) is 0.405. The summed E-state index contributed by atoms with van der Waals surface area (Å²) < 4.78 is 1.15. The Balaban J connectivity index is 2.22. The molecule has 128 valence electrons. The Hall–Kier alpha value is -2.38. The van der Waals surface area contributed by atoms with Crippen LogP contribution >= 0.6 is 15.9 Å². The molecule has 1 atom stereocenters. The van der Waals surface area contributed by atoms with E-state index in [0.29, 0.717) is 0 Å². The lowest BCUT2D eigenvalue weighted by atomic mass is 9.67. The molecule has 0 aliphatic heterocycles. The van der Waals surface area contributed by atoms with Crippen molar-refractivity contribution in [3.8, 4) is 11.1 Å². The predicted molar refractivity (Wildman–Crippen MR) is 114 cm³/mol. The summed E-state index contributed by atoms with van der Waals surface area (Å²) in [6.07, 6.45) is 6.64. The molecular formula is C25H21Br. The van der Waals surface area contributed by atoms with Crippen LogP contribution in [0.3, 0.4) is 0 Å². The molecule has 1 heteroatoms. The highest BCUT2D eigenvalue weighted by atomic mass is 79.9. The lowest BCUT2D eigenvalue weighted by molar-refractivity contribution is 0.764. The van der Waals surface area contributed by atoms with Gasteiger partial charge in [0.25, 0.3) is 0 Å². The second-order valence-electron chi connectivity index (χ2n) is 6.57. The van der Waals surface area contributed by atoms with Gasteiger partial charge in [-0.1, -0.05) is 101 Å². The van der Waals surface area contributed by atoms with Crippen LogP contribution in [-0.2, 0) is 5.41 Å². The molecule has 26 heavy (non-hydrogen) atoms. The number of hydrogen-bond acceptors (Lipinski definition) is 0. The molecule has 1 aliphatic rings. The molecule has 3 aromatic rings. The first kappa shape index (κ1) is 17.1. The van der Waals surface area contributed by atoms with Gasteiger partial charge in [-0.2, -0.15) is 0 Å². The van der Waals surface area contributed by atoms with Gasteiger partial charge in [-0.3, -0.25) is 0 Å². The fraction of sp³-hybridized carbons (Fsp3) is 0.120. The van der Waals surface area contributed by atoms with E-state index in [4.69, 9.17) is 0 Å². The Morgan fingerprint density at radius 3 is 2.23 bits per heavy atom. The maximum Gasteiger partial charge on any atom is 0.0710 e. The van der Waals surface area contributed by atoms with E-state index >= 15 is 0 Å². The average Bonchev–Trinajstić information content (AvgIpc) is 2.99. The summed E-state index contributed by atoms with van der Waals surface area (Å²) in [6.45, 7) is 4.23. The minimum Gasteiger partial charge on any atom is -0.0873 e. The molecule has 0 amide bonds. The summed E-state index contributed by atoms with van der Waals surface area (Å²) >= 11 is 3.81. The molecule has 0 saturated carbocycles. The summed E-state index contributed by atoms with van der Waals surface area (Å²) in [6, 6.07) is 26.2. The van der Waals surface area contributed by atoms with Gasteiger partial charge in [0.1, 0.15) is 0 Å². The smallest absolute Gasteiger partial charge is 0.0710 e. The zero-order valence-corrected chi connectivity index (χ0v) is 16.6. The average molecular weight is 401 g/mol. The highest BCUT2D eigenvalue weighted by Gasteiger charge is 2.46. The lowest BCUT2D eigenvalue weighted by Crippen LogP contribution is -2.29. The largest absolute Gasteiger partial charge is 0.0873 e. The van der Waals surface area contributed by atoms with Crippen LogP contribution in [-0.4, -0.2) is 0 Å². The zero-order valence-electron chi connectivity index (χ0n) is 15.0. The first-order chi connectivity index (χ1) is 12.7. The first-order valence-electron chi connectivity index (χ1n) is 8.99. The van der Waals surface area contributed by atoms with Crippen LogP contribution in [0.5, 0.6) is 0 Å². The summed E-state index contributed by atoms with van der Waals surface area (Å²) in [7, 11) is 0. The second kappa shape index (κ2) is 6.74. The van der Waals surface area contributed by atoms with Crippen molar-refractivity contribution in [3.05, 3.63) is 118 Å². The molecule has 4 rings (SSSR count). The van der Waals surface area contributed by atoms with Gasteiger partial charge in [0, 0.05) is 10.0 Å². The van der Waals surface area contributed by atoms with Crippen molar-refractivity contribution in [2.24, 2.45) is 0 Å². The molecule has 0 N–H and O–H groups in total. The van der Waals surface area contributed by atoms with Crippen molar-refractivity contribution in [2.45, 2.75) is 19.3 Å². The van der Waals surface area contributed by atoms with Gasteiger partial charge < -0.3 is 0 Å². The van der Waals surface area contributed by atoms with Crippen molar-refractivity contribution >= 4 is 15.9 Å². The minimum absolute atomic E-state index is 0.293. The van der Waals surface area contributed by atoms with Crippen LogP contribution < -0.4 is 0 Å². The Bertz CT molecular complexity index is 1010. The molecule has 1 aliphatic carbocycles. The van der Waals surface area contributed by atoms with E-state index in [9.17, 15) is 0 Å². The van der Waals surface area contributed by atoms with Gasteiger partial charge in [-0.05, 0) is 47.7 Å². The van der Waals surface area contributed by atoms with Crippen molar-refractivity contribution in [1.29, 1.82) is 0 Å². The number of benzene rings is 3. The van der Waals surface area contributed by atoms with E-state index in [-0.39, 0.29) is 5.41 Å². The van der Waals surface area contributed by atoms with E-state index in [1.54, 1.807) is 0 Å². The topological polar surface area (TPSA) is 0 Å². The molecule has 0 fully saturated rings. The van der Waals surface area contributed by atoms with Gasteiger partial charge in [0.15, 0.2) is 0 Å². The zero-order chi connectivity index (χ0) is 18.1. The first-order valence-corrected chi connectivity index (χ1v) is 9.78. The van der Waals surface area contributed by atoms with E-state index in [1.165, 1.54) is 33.4 Å². The van der Waals surface area contributed by atoms with Crippen molar-refractivity contribution < 1.29 is 0 Å². The maximum atomic E-state index is 3.81. The molecule has 0 nitrogen and oxygen atoms in total. The van der Waals surface area contributed by atoms with Gasteiger partial charge in [0.05, 0.1) is 5.41 Å². The van der Waals surface area contributed by atoms with Crippen LogP contribution in [0, 0.1) is 0 Å². The molecule has 0 bridgehead atoms. The maximum absolute atomic E-state index is 3.81. The van der Waals surface area contributed by atoms with Crippen LogP contribution in [0.25, 0.3) is 11.1 Å². The molecular weight excluding hydrogens is 380 g/mol. The van der Waals surface area contributed by atoms with Gasteiger partial charge in [-0.15, -0.1) is 0 Å². The number of rotatable bonds is 3. The normalized spacial score (nSPS) is 18.8. The van der Waals surface area contributed by atoms with E-state index in [0.717, 1.165) is 4.47 Å². The fourth-order valence-electron chi connectivity index (χ4n) is 4.38. The van der Waals surface area contributed by atoms with E-state index < -0.39 is 0 Å².